The number of esters is 1. The molecular formula is C34H41N3O4. The Morgan fingerprint density at radius 3 is 2.56 bits per heavy atom. The summed E-state index contributed by atoms with van der Waals surface area (Å²) >= 11 is 0. The third-order valence-electron chi connectivity index (χ3n) is 7.51. The maximum absolute atomic E-state index is 13.5. The molecule has 0 bridgehead atoms. The third kappa shape index (κ3) is 7.20. The molecule has 216 valence electrons. The topological polar surface area (TPSA) is 87.6 Å². The number of aromatic nitrogens is 1. The van der Waals surface area contributed by atoms with Crippen LogP contribution in [0.2, 0.25) is 0 Å². The highest BCUT2D eigenvalue weighted by molar-refractivity contribution is 5.87. The zero-order valence-electron chi connectivity index (χ0n) is 24.6. The van der Waals surface area contributed by atoms with Crippen LogP contribution in [0, 0.1) is 6.92 Å². The lowest BCUT2D eigenvalue weighted by atomic mass is 9.99. The molecule has 1 amide bonds. The molecule has 0 spiro atoms. The summed E-state index contributed by atoms with van der Waals surface area (Å²) in [4.78, 5) is 31.5. The van der Waals surface area contributed by atoms with Crippen molar-refractivity contribution in [3.63, 3.8) is 0 Å². The van der Waals surface area contributed by atoms with Gasteiger partial charge in [0.25, 0.3) is 0 Å². The van der Waals surface area contributed by atoms with Crippen LogP contribution in [0.15, 0.2) is 65.2 Å². The SMILES string of the molecule is Cc1ccc(C(NC(=O)Cc2ccc3[nH]cc(CCC(=O)OC(C)(C)C)c3c2)c2ccccc2N2CCCCC2)o1. The highest BCUT2D eigenvalue weighted by Gasteiger charge is 2.25. The first-order chi connectivity index (χ1) is 19.7. The third-order valence-corrected chi connectivity index (χ3v) is 7.51. The number of benzene rings is 2. The van der Waals surface area contributed by atoms with Crippen LogP contribution in [-0.4, -0.2) is 35.6 Å². The Morgan fingerprint density at radius 2 is 1.83 bits per heavy atom. The van der Waals surface area contributed by atoms with Crippen molar-refractivity contribution in [2.75, 3.05) is 18.0 Å². The van der Waals surface area contributed by atoms with Crippen LogP contribution in [0.5, 0.6) is 0 Å². The Labute approximate surface area is 242 Å². The zero-order valence-corrected chi connectivity index (χ0v) is 24.6. The van der Waals surface area contributed by atoms with Crippen molar-refractivity contribution in [3.05, 3.63) is 89.0 Å². The van der Waals surface area contributed by atoms with Gasteiger partial charge in [0.15, 0.2) is 0 Å². The van der Waals surface area contributed by atoms with Gasteiger partial charge < -0.3 is 24.4 Å². The predicted molar refractivity (Wildman–Crippen MR) is 162 cm³/mol. The monoisotopic (exact) mass is 555 g/mol. The Morgan fingerprint density at radius 1 is 1.05 bits per heavy atom. The standard InChI is InChI=1S/C34H41N3O4/c1-23-12-16-30(40-23)33(26-10-6-7-11-29(26)37-18-8-5-9-19-37)36-31(38)21-24-13-15-28-27(20-24)25(22-35-28)14-17-32(39)41-34(2,3)4/h6-7,10-13,15-16,20,22,33,35H,5,8-9,14,17-19,21H2,1-4H3,(H,36,38). The summed E-state index contributed by atoms with van der Waals surface area (Å²) in [6.45, 7) is 9.57. The molecule has 0 radical (unpaired) electrons. The second-order valence-electron chi connectivity index (χ2n) is 12.0. The summed E-state index contributed by atoms with van der Waals surface area (Å²) in [6.07, 6.45) is 6.64. The molecule has 1 atom stereocenters. The number of carbonyl (C=O) groups is 2. The Balaban J connectivity index is 1.34. The van der Waals surface area contributed by atoms with Crippen LogP contribution >= 0.6 is 0 Å². The van der Waals surface area contributed by atoms with Gasteiger partial charge >= 0.3 is 5.97 Å². The molecule has 4 aromatic rings. The summed E-state index contributed by atoms with van der Waals surface area (Å²) in [7, 11) is 0. The maximum Gasteiger partial charge on any atom is 0.306 e. The van der Waals surface area contributed by atoms with Crippen molar-refractivity contribution >= 4 is 28.5 Å². The number of hydrogen-bond acceptors (Lipinski definition) is 5. The number of H-pyrrole nitrogens is 1. The second-order valence-corrected chi connectivity index (χ2v) is 12.0. The van der Waals surface area contributed by atoms with E-state index in [4.69, 9.17) is 9.15 Å². The van der Waals surface area contributed by atoms with Crippen molar-refractivity contribution in [1.82, 2.24) is 10.3 Å². The molecule has 7 nitrogen and oxygen atoms in total. The van der Waals surface area contributed by atoms with Gasteiger partial charge in [0.05, 0.1) is 6.42 Å². The second kappa shape index (κ2) is 12.2. The largest absolute Gasteiger partial charge is 0.464 e. The molecule has 0 aliphatic carbocycles. The minimum atomic E-state index is -0.502. The lowest BCUT2D eigenvalue weighted by Crippen LogP contribution is -2.34. The van der Waals surface area contributed by atoms with E-state index in [0.717, 1.165) is 57.9 Å². The van der Waals surface area contributed by atoms with E-state index in [0.29, 0.717) is 12.8 Å². The van der Waals surface area contributed by atoms with Crippen molar-refractivity contribution < 1.29 is 18.7 Å². The van der Waals surface area contributed by atoms with E-state index in [-0.39, 0.29) is 18.3 Å². The summed E-state index contributed by atoms with van der Waals surface area (Å²) in [6, 6.07) is 17.8. The molecule has 2 aromatic carbocycles. The summed E-state index contributed by atoms with van der Waals surface area (Å²) in [5.41, 5.74) is 4.61. The van der Waals surface area contributed by atoms with E-state index in [1.165, 1.54) is 19.3 Å². The van der Waals surface area contributed by atoms with Gasteiger partial charge in [-0.1, -0.05) is 24.3 Å². The number of rotatable bonds is 9. The van der Waals surface area contributed by atoms with Crippen molar-refractivity contribution in [3.8, 4) is 0 Å². The van der Waals surface area contributed by atoms with E-state index in [9.17, 15) is 9.59 Å². The molecule has 0 saturated carbocycles. The summed E-state index contributed by atoms with van der Waals surface area (Å²) in [5, 5.41) is 4.30. The normalized spacial score (nSPS) is 14.7. The average molecular weight is 556 g/mol. The van der Waals surface area contributed by atoms with Gasteiger partial charge in [0, 0.05) is 47.9 Å². The molecule has 41 heavy (non-hydrogen) atoms. The first-order valence-corrected chi connectivity index (χ1v) is 14.7. The molecular weight excluding hydrogens is 514 g/mol. The number of ether oxygens (including phenoxy) is 1. The minimum absolute atomic E-state index is 0.0808. The molecule has 7 heteroatoms. The highest BCUT2D eigenvalue weighted by atomic mass is 16.6. The number of aromatic amines is 1. The van der Waals surface area contributed by atoms with Gasteiger partial charge in [0.2, 0.25) is 5.91 Å². The van der Waals surface area contributed by atoms with Gasteiger partial charge in [-0.15, -0.1) is 0 Å². The Kier molecular flexibility index (Phi) is 8.52. The Hall–Kier alpha value is -4.00. The van der Waals surface area contributed by atoms with Crippen molar-refractivity contribution in [1.29, 1.82) is 0 Å². The fourth-order valence-corrected chi connectivity index (χ4v) is 5.63. The molecule has 3 heterocycles. The number of anilines is 1. The lowest BCUT2D eigenvalue weighted by molar-refractivity contribution is -0.154. The lowest BCUT2D eigenvalue weighted by Gasteiger charge is -2.32. The van der Waals surface area contributed by atoms with Crippen molar-refractivity contribution in [2.45, 2.75) is 77.9 Å². The molecule has 2 N–H and O–H groups in total. The highest BCUT2D eigenvalue weighted by Crippen LogP contribution is 2.33. The minimum Gasteiger partial charge on any atom is -0.464 e. The van der Waals surface area contributed by atoms with E-state index >= 15 is 0 Å². The first-order valence-electron chi connectivity index (χ1n) is 14.7. The van der Waals surface area contributed by atoms with E-state index in [1.807, 2.05) is 70.3 Å². The number of carbonyl (C=O) groups excluding carboxylic acids is 2. The zero-order chi connectivity index (χ0) is 29.0. The van der Waals surface area contributed by atoms with Crippen LogP contribution < -0.4 is 10.2 Å². The van der Waals surface area contributed by atoms with Crippen LogP contribution in [0.4, 0.5) is 5.69 Å². The first kappa shape index (κ1) is 28.5. The molecule has 2 aromatic heterocycles. The number of furan rings is 1. The predicted octanol–water partition coefficient (Wildman–Crippen LogP) is 6.78. The van der Waals surface area contributed by atoms with Crippen LogP contribution in [0.25, 0.3) is 10.9 Å². The fourth-order valence-electron chi connectivity index (χ4n) is 5.63. The number of fused-ring (bicyclic) bond motifs is 1. The van der Waals surface area contributed by atoms with Crippen LogP contribution in [0.1, 0.15) is 80.7 Å². The number of nitrogens with one attached hydrogen (secondary N) is 2. The van der Waals surface area contributed by atoms with Gasteiger partial charge in [-0.2, -0.15) is 0 Å². The number of amides is 1. The average Bonchev–Trinajstić information content (AvgIpc) is 3.56. The number of piperidine rings is 1. The molecule has 5 rings (SSSR count). The molecule has 1 aliphatic rings. The van der Waals surface area contributed by atoms with Gasteiger partial charge in [0.1, 0.15) is 23.2 Å². The van der Waals surface area contributed by atoms with Crippen molar-refractivity contribution in [2.24, 2.45) is 0 Å². The quantitative estimate of drug-likeness (QED) is 0.222. The maximum atomic E-state index is 13.5. The smallest absolute Gasteiger partial charge is 0.306 e. The summed E-state index contributed by atoms with van der Waals surface area (Å²) in [5.74, 6) is 1.24. The van der Waals surface area contributed by atoms with Gasteiger partial charge in [-0.25, -0.2) is 0 Å². The molecule has 1 saturated heterocycles. The molecule has 1 aliphatic heterocycles. The number of aryl methyl sites for hydroxylation is 2. The van der Waals surface area contributed by atoms with E-state index in [2.05, 4.69) is 33.4 Å². The van der Waals surface area contributed by atoms with Crippen LogP contribution in [0.3, 0.4) is 0 Å². The van der Waals surface area contributed by atoms with Gasteiger partial charge in [-0.05, 0) is 94.8 Å². The number of nitrogens with zero attached hydrogens (tertiary/aromatic N) is 1. The van der Waals surface area contributed by atoms with Crippen LogP contribution in [-0.2, 0) is 27.2 Å². The number of para-hydroxylation sites is 1. The molecule has 1 unspecified atom stereocenters. The van der Waals surface area contributed by atoms with Gasteiger partial charge in [-0.3, -0.25) is 9.59 Å². The fraction of sp³-hybridized carbons (Fsp3) is 0.412. The summed E-state index contributed by atoms with van der Waals surface area (Å²) < 4.78 is 11.5. The Bertz CT molecular complexity index is 1500. The van der Waals surface area contributed by atoms with E-state index < -0.39 is 11.6 Å². The van der Waals surface area contributed by atoms with E-state index in [1.54, 1.807) is 0 Å². The molecule has 1 fully saturated rings. The number of hydrogen-bond donors (Lipinski definition) is 2.